The molecule has 114 valence electrons. The van der Waals surface area contributed by atoms with Gasteiger partial charge >= 0.3 is 11.5 Å². The molecule has 0 saturated carbocycles. The second kappa shape index (κ2) is 7.57. The van der Waals surface area contributed by atoms with Crippen LogP contribution < -0.4 is 0 Å². The third-order valence-corrected chi connectivity index (χ3v) is 3.46. The highest BCUT2D eigenvalue weighted by molar-refractivity contribution is 8.00. The lowest BCUT2D eigenvalue weighted by Gasteiger charge is -2.12. The summed E-state index contributed by atoms with van der Waals surface area (Å²) in [5.41, 5.74) is -4.13. The molecule has 0 aliphatic rings. The van der Waals surface area contributed by atoms with Gasteiger partial charge in [0.1, 0.15) is 6.07 Å². The van der Waals surface area contributed by atoms with Crippen LogP contribution in [0, 0.1) is 11.3 Å². The van der Waals surface area contributed by atoms with Crippen molar-refractivity contribution in [3.05, 3.63) is 28.8 Å². The zero-order chi connectivity index (χ0) is 16.0. The lowest BCUT2D eigenvalue weighted by molar-refractivity contribution is -0.142. The maximum Gasteiger partial charge on any atom is 0.446 e. The Kier molecular flexibility index (Phi) is 6.37. The molecular formula is C13H11ClF3NO2S. The minimum atomic E-state index is -4.53. The number of ether oxygens (including phenoxy) is 1. The Morgan fingerprint density at radius 1 is 1.48 bits per heavy atom. The summed E-state index contributed by atoms with van der Waals surface area (Å²) in [6.45, 7) is 1.77. The lowest BCUT2D eigenvalue weighted by atomic mass is 10.0. The lowest BCUT2D eigenvalue weighted by Crippen LogP contribution is -2.10. The smallest absolute Gasteiger partial charge is 0.446 e. The van der Waals surface area contributed by atoms with Gasteiger partial charge in [-0.25, -0.2) is 0 Å². The van der Waals surface area contributed by atoms with Crippen LogP contribution in [0.15, 0.2) is 17.0 Å². The van der Waals surface area contributed by atoms with Crippen LogP contribution in [0.25, 0.3) is 0 Å². The third kappa shape index (κ3) is 5.48. The van der Waals surface area contributed by atoms with Crippen molar-refractivity contribution in [3.63, 3.8) is 0 Å². The van der Waals surface area contributed by atoms with Crippen LogP contribution in [0.1, 0.15) is 23.6 Å². The van der Waals surface area contributed by atoms with E-state index in [1.165, 1.54) is 12.1 Å². The largest absolute Gasteiger partial charge is 0.466 e. The maximum atomic E-state index is 12.5. The van der Waals surface area contributed by atoms with E-state index < -0.39 is 23.2 Å². The van der Waals surface area contributed by atoms with E-state index in [1.807, 2.05) is 0 Å². The summed E-state index contributed by atoms with van der Waals surface area (Å²) >= 11 is 5.25. The highest BCUT2D eigenvalue weighted by atomic mass is 35.5. The highest BCUT2D eigenvalue weighted by Gasteiger charge is 2.31. The Bertz CT molecular complexity index is 570. The molecule has 1 rings (SSSR count). The van der Waals surface area contributed by atoms with Gasteiger partial charge in [-0.15, -0.1) is 11.6 Å². The van der Waals surface area contributed by atoms with Gasteiger partial charge in [-0.2, -0.15) is 18.4 Å². The molecule has 0 amide bonds. The molecule has 0 radical (unpaired) electrons. The summed E-state index contributed by atoms with van der Waals surface area (Å²) < 4.78 is 42.4. The number of hydrogen-bond donors (Lipinski definition) is 0. The van der Waals surface area contributed by atoms with Gasteiger partial charge in [0.2, 0.25) is 0 Å². The van der Waals surface area contributed by atoms with Crippen molar-refractivity contribution in [2.45, 2.75) is 29.6 Å². The average molecular weight is 338 g/mol. The molecule has 0 heterocycles. The van der Waals surface area contributed by atoms with Crippen LogP contribution in [0.4, 0.5) is 13.2 Å². The standard InChI is InChI=1S/C13H11ClF3NO2S/c1-2-20-12(19)5-9-3-8(6-14)4-11(10(9)7-18)21-13(15,16)17/h3-4H,2,5-6H2,1H3. The summed E-state index contributed by atoms with van der Waals surface area (Å²) in [6.07, 6.45) is -0.271. The minimum absolute atomic E-state index is 0.0209. The van der Waals surface area contributed by atoms with E-state index in [1.54, 1.807) is 13.0 Å². The molecule has 0 spiro atoms. The van der Waals surface area contributed by atoms with E-state index in [2.05, 4.69) is 0 Å². The van der Waals surface area contributed by atoms with Gasteiger partial charge in [0, 0.05) is 10.8 Å². The summed E-state index contributed by atoms with van der Waals surface area (Å²) in [5, 5.41) is 9.09. The number of carbonyl (C=O) groups excluding carboxylic acids is 1. The molecule has 0 aliphatic heterocycles. The first-order valence-electron chi connectivity index (χ1n) is 5.84. The number of thioether (sulfide) groups is 1. The first kappa shape index (κ1) is 17.7. The Hall–Kier alpha value is -1.39. The van der Waals surface area contributed by atoms with Crippen molar-refractivity contribution in [2.24, 2.45) is 0 Å². The molecule has 0 atom stereocenters. The predicted octanol–water partition coefficient (Wildman–Crippen LogP) is 4.01. The average Bonchev–Trinajstić information content (AvgIpc) is 2.36. The SMILES string of the molecule is CCOC(=O)Cc1cc(CCl)cc(SC(F)(F)F)c1C#N. The summed E-state index contributed by atoms with van der Waals surface area (Å²) in [7, 11) is 0. The highest BCUT2D eigenvalue weighted by Crippen LogP contribution is 2.40. The quantitative estimate of drug-likeness (QED) is 0.462. The topological polar surface area (TPSA) is 50.1 Å². The summed E-state index contributed by atoms with van der Waals surface area (Å²) in [5.74, 6) is -0.629. The van der Waals surface area contributed by atoms with Gasteiger partial charge in [-0.3, -0.25) is 4.79 Å². The molecule has 0 N–H and O–H groups in total. The second-order valence-corrected chi connectivity index (χ2v) is 5.28. The van der Waals surface area contributed by atoms with Crippen molar-refractivity contribution >= 4 is 29.3 Å². The van der Waals surface area contributed by atoms with Crippen LogP contribution in [-0.2, 0) is 21.8 Å². The van der Waals surface area contributed by atoms with E-state index in [0.717, 1.165) is 0 Å². The molecule has 1 aromatic rings. The molecule has 0 bridgehead atoms. The van der Waals surface area contributed by atoms with E-state index >= 15 is 0 Å². The Morgan fingerprint density at radius 3 is 2.62 bits per heavy atom. The van der Waals surface area contributed by atoms with E-state index in [9.17, 15) is 18.0 Å². The van der Waals surface area contributed by atoms with Crippen LogP contribution in [-0.4, -0.2) is 18.1 Å². The van der Waals surface area contributed by atoms with Crippen molar-refractivity contribution < 1.29 is 22.7 Å². The summed E-state index contributed by atoms with van der Waals surface area (Å²) in [4.78, 5) is 11.2. The first-order valence-corrected chi connectivity index (χ1v) is 7.19. The molecule has 0 aromatic heterocycles. The van der Waals surface area contributed by atoms with Gasteiger partial charge in [0.05, 0.1) is 18.6 Å². The van der Waals surface area contributed by atoms with Crippen molar-refractivity contribution in [1.29, 1.82) is 5.26 Å². The fourth-order valence-electron chi connectivity index (χ4n) is 1.65. The number of carbonyl (C=O) groups is 1. The fraction of sp³-hybridized carbons (Fsp3) is 0.385. The number of hydrogen-bond acceptors (Lipinski definition) is 4. The monoisotopic (exact) mass is 337 g/mol. The second-order valence-electron chi connectivity index (χ2n) is 3.90. The molecule has 8 heteroatoms. The predicted molar refractivity (Wildman–Crippen MR) is 73.0 cm³/mol. The molecule has 0 aliphatic carbocycles. The Labute approximate surface area is 129 Å². The van der Waals surface area contributed by atoms with Crippen LogP contribution in [0.5, 0.6) is 0 Å². The number of rotatable bonds is 5. The number of halogens is 4. The van der Waals surface area contributed by atoms with Gasteiger partial charge in [0.15, 0.2) is 0 Å². The maximum absolute atomic E-state index is 12.5. The third-order valence-electron chi connectivity index (χ3n) is 2.38. The van der Waals surface area contributed by atoms with Gasteiger partial charge < -0.3 is 4.74 Å². The number of nitriles is 1. The van der Waals surface area contributed by atoms with E-state index in [0.29, 0.717) is 5.56 Å². The van der Waals surface area contributed by atoms with E-state index in [4.69, 9.17) is 21.6 Å². The number of esters is 1. The Balaban J connectivity index is 3.25. The van der Waals surface area contributed by atoms with Gasteiger partial charge in [0.25, 0.3) is 0 Å². The normalized spacial score (nSPS) is 11.0. The van der Waals surface area contributed by atoms with Gasteiger partial charge in [-0.05, 0) is 35.9 Å². The Morgan fingerprint density at radius 2 is 2.14 bits per heavy atom. The van der Waals surface area contributed by atoms with Crippen LogP contribution in [0.3, 0.4) is 0 Å². The zero-order valence-corrected chi connectivity index (χ0v) is 12.5. The zero-order valence-electron chi connectivity index (χ0n) is 11.0. The molecule has 21 heavy (non-hydrogen) atoms. The molecular weight excluding hydrogens is 327 g/mol. The van der Waals surface area contributed by atoms with Crippen molar-refractivity contribution in [2.75, 3.05) is 6.61 Å². The molecule has 1 aromatic carbocycles. The number of nitrogens with zero attached hydrogens (tertiary/aromatic N) is 1. The van der Waals surface area contributed by atoms with Crippen molar-refractivity contribution in [1.82, 2.24) is 0 Å². The minimum Gasteiger partial charge on any atom is -0.466 e. The molecule has 3 nitrogen and oxygen atoms in total. The fourth-order valence-corrected chi connectivity index (χ4v) is 2.55. The molecule has 0 fully saturated rings. The summed E-state index contributed by atoms with van der Waals surface area (Å²) in [6, 6.07) is 4.37. The first-order chi connectivity index (χ1) is 9.80. The number of alkyl halides is 4. The number of benzene rings is 1. The molecule has 0 unspecified atom stereocenters. The van der Waals surface area contributed by atoms with Gasteiger partial charge in [-0.1, -0.05) is 6.07 Å². The van der Waals surface area contributed by atoms with E-state index in [-0.39, 0.29) is 34.9 Å². The van der Waals surface area contributed by atoms with Crippen LogP contribution >= 0.6 is 23.4 Å². The van der Waals surface area contributed by atoms with Crippen LogP contribution in [0.2, 0.25) is 0 Å². The molecule has 0 saturated heterocycles. The van der Waals surface area contributed by atoms with Crippen molar-refractivity contribution in [3.8, 4) is 6.07 Å².